The Morgan fingerprint density at radius 2 is 1.73 bits per heavy atom. The van der Waals surface area contributed by atoms with Crippen LogP contribution in [0.25, 0.3) is 0 Å². The van der Waals surface area contributed by atoms with Gasteiger partial charge in [-0.15, -0.1) is 4.72 Å². The van der Waals surface area contributed by atoms with Gasteiger partial charge in [0.15, 0.2) is 0 Å². The highest BCUT2D eigenvalue weighted by atomic mass is 32.2. The summed E-state index contributed by atoms with van der Waals surface area (Å²) in [5.74, 6) is -0.678. The Morgan fingerprint density at radius 3 is 2.00 bits per heavy atom. The Labute approximate surface area is 66.1 Å². The van der Waals surface area contributed by atoms with Crippen LogP contribution in [-0.2, 0) is 20.0 Å². The number of hydrogen-bond acceptors (Lipinski definition) is 4. The van der Waals surface area contributed by atoms with Crippen molar-refractivity contribution in [1.82, 2.24) is 9.44 Å². The monoisotopic (exact) mass is 201 g/mol. The Kier molecular flexibility index (Phi) is 3.42. The second kappa shape index (κ2) is 3.48. The summed E-state index contributed by atoms with van der Waals surface area (Å²) in [4.78, 5) is 0. The maximum atomic E-state index is 10.6. The van der Waals surface area contributed by atoms with Crippen LogP contribution in [0.5, 0.6) is 0 Å². The fraction of sp³-hybridized carbons (Fsp3) is 1.00. The van der Waals surface area contributed by atoms with Gasteiger partial charge in [0.25, 0.3) is 0 Å². The first-order chi connectivity index (χ1) is 4.77. The van der Waals surface area contributed by atoms with Crippen LogP contribution in [0.4, 0.5) is 0 Å². The van der Waals surface area contributed by atoms with Crippen LogP contribution in [0.15, 0.2) is 0 Å². The van der Waals surface area contributed by atoms with Crippen LogP contribution in [0.1, 0.15) is 0 Å². The molecule has 0 heterocycles. The van der Waals surface area contributed by atoms with Crippen LogP contribution < -0.4 is 9.44 Å². The summed E-state index contributed by atoms with van der Waals surface area (Å²) in [5.41, 5.74) is 0. The van der Waals surface area contributed by atoms with E-state index in [1.54, 1.807) is 4.72 Å². The zero-order valence-corrected chi connectivity index (χ0v) is 7.74. The summed E-state index contributed by atoms with van der Waals surface area (Å²) in [6, 6.07) is 0. The third-order valence-electron chi connectivity index (χ3n) is 0.782. The molecule has 6 nitrogen and oxygen atoms in total. The van der Waals surface area contributed by atoms with Gasteiger partial charge in [-0.25, -0.2) is 16.8 Å². The van der Waals surface area contributed by atoms with Crippen molar-refractivity contribution in [3.05, 3.63) is 0 Å². The maximum absolute atomic E-state index is 10.6. The van der Waals surface area contributed by atoms with Crippen LogP contribution in [0.3, 0.4) is 0 Å². The minimum atomic E-state index is -3.62. The molecule has 1 N–H and O–H groups in total. The van der Waals surface area contributed by atoms with Gasteiger partial charge in [-0.3, -0.25) is 0 Å². The van der Waals surface area contributed by atoms with Gasteiger partial charge in [0.2, 0.25) is 20.0 Å². The molecule has 8 heteroatoms. The lowest BCUT2D eigenvalue weighted by Gasteiger charge is -1.99. The molecule has 0 rings (SSSR count). The highest BCUT2D eigenvalue weighted by Crippen LogP contribution is 1.82. The van der Waals surface area contributed by atoms with Crippen molar-refractivity contribution in [2.75, 3.05) is 19.2 Å². The van der Waals surface area contributed by atoms with E-state index in [1.165, 1.54) is 0 Å². The number of hydrogen-bond donors (Lipinski definition) is 1. The van der Waals surface area contributed by atoms with Crippen molar-refractivity contribution in [1.29, 1.82) is 0 Å². The molecule has 0 aromatic heterocycles. The molecule has 0 aliphatic rings. The van der Waals surface area contributed by atoms with Crippen molar-refractivity contribution in [3.63, 3.8) is 0 Å². The molecule has 0 atom stereocenters. The van der Waals surface area contributed by atoms with E-state index in [0.29, 0.717) is 0 Å². The summed E-state index contributed by atoms with van der Waals surface area (Å²) in [7, 11) is -5.99. The van der Waals surface area contributed by atoms with Crippen molar-refractivity contribution in [3.8, 4) is 0 Å². The highest BCUT2D eigenvalue weighted by Gasteiger charge is 2.10. The van der Waals surface area contributed by atoms with Gasteiger partial charge >= 0.3 is 0 Å². The van der Waals surface area contributed by atoms with E-state index >= 15 is 0 Å². The molecule has 0 aromatic carbocycles. The van der Waals surface area contributed by atoms with E-state index in [-0.39, 0.29) is 0 Å². The zero-order valence-electron chi connectivity index (χ0n) is 6.10. The fourth-order valence-corrected chi connectivity index (χ4v) is 1.83. The lowest BCUT2D eigenvalue weighted by atomic mass is 11.5. The Balaban J connectivity index is 4.13. The third-order valence-corrected chi connectivity index (χ3v) is 2.70. The van der Waals surface area contributed by atoms with Crippen molar-refractivity contribution in [2.45, 2.75) is 0 Å². The van der Waals surface area contributed by atoms with Gasteiger partial charge in [0.1, 0.15) is 5.88 Å². The predicted molar refractivity (Wildman–Crippen MR) is 39.8 cm³/mol. The lowest BCUT2D eigenvalue weighted by Crippen LogP contribution is -2.31. The minimum Gasteiger partial charge on any atom is -0.213 e. The predicted octanol–water partition coefficient (Wildman–Crippen LogP) is -1.94. The number of nitrogens with one attached hydrogen (secondary N) is 1. The van der Waals surface area contributed by atoms with Gasteiger partial charge < -0.3 is 0 Å². The summed E-state index contributed by atoms with van der Waals surface area (Å²) in [6.07, 6.45) is 0.873. The minimum absolute atomic E-state index is 0.678. The average molecular weight is 201 g/mol. The fourth-order valence-electron chi connectivity index (χ4n) is 0.246. The molecule has 0 spiro atoms. The molecule has 11 heavy (non-hydrogen) atoms. The first-order valence-corrected chi connectivity index (χ1v) is 6.05. The van der Waals surface area contributed by atoms with E-state index in [9.17, 15) is 16.8 Å². The average Bonchev–Trinajstić information content (AvgIpc) is 1.83. The van der Waals surface area contributed by atoms with E-state index in [0.717, 1.165) is 13.3 Å². The molecular formula is C3H9N2O4S2. The quantitative estimate of drug-likeness (QED) is 0.572. The molecular weight excluding hydrogens is 192 g/mol. The number of sulfonamides is 2. The molecule has 0 aliphatic carbocycles. The van der Waals surface area contributed by atoms with E-state index < -0.39 is 25.9 Å². The first-order valence-electron chi connectivity index (χ1n) is 2.55. The maximum Gasteiger partial charge on any atom is 0.241 e. The third kappa shape index (κ3) is 6.23. The smallest absolute Gasteiger partial charge is 0.213 e. The SMILES string of the molecule is C[N]S(=O)(=O)CNS(C)(=O)=O. The van der Waals surface area contributed by atoms with Crippen molar-refractivity contribution >= 4 is 20.0 Å². The van der Waals surface area contributed by atoms with Gasteiger partial charge in [-0.1, -0.05) is 0 Å². The van der Waals surface area contributed by atoms with E-state index in [1.807, 2.05) is 0 Å². The van der Waals surface area contributed by atoms with Crippen molar-refractivity contribution in [2.24, 2.45) is 0 Å². The standard InChI is InChI=1S/C3H9N2O4S2/c1-4-11(8,9)3-5-10(2,6)7/h5H,3H2,1-2H3. The van der Waals surface area contributed by atoms with Crippen molar-refractivity contribution < 1.29 is 16.8 Å². The van der Waals surface area contributed by atoms with Crippen LogP contribution in [-0.4, -0.2) is 36.0 Å². The van der Waals surface area contributed by atoms with Crippen LogP contribution in [0.2, 0.25) is 0 Å². The second-order valence-electron chi connectivity index (χ2n) is 1.83. The number of nitrogens with zero attached hydrogens (tertiary/aromatic N) is 1. The second-order valence-corrected chi connectivity index (χ2v) is 5.48. The molecule has 0 fully saturated rings. The number of rotatable bonds is 4. The Bertz CT molecular complexity index is 302. The van der Waals surface area contributed by atoms with E-state index in [2.05, 4.69) is 4.72 Å². The zero-order chi connectivity index (χ0) is 9.12. The Morgan fingerprint density at radius 1 is 1.27 bits per heavy atom. The summed E-state index contributed by atoms with van der Waals surface area (Å²) < 4.78 is 46.6. The van der Waals surface area contributed by atoms with Gasteiger partial charge in [0, 0.05) is 7.05 Å². The normalized spacial score (nSPS) is 13.3. The topological polar surface area (TPSA) is 94.4 Å². The molecule has 0 saturated carbocycles. The molecule has 0 unspecified atom stereocenters. The lowest BCUT2D eigenvalue weighted by molar-refractivity contribution is 0.574. The molecule has 0 amide bonds. The van der Waals surface area contributed by atoms with E-state index in [4.69, 9.17) is 0 Å². The van der Waals surface area contributed by atoms with Gasteiger partial charge in [-0.2, -0.15) is 4.72 Å². The van der Waals surface area contributed by atoms with Gasteiger partial charge in [0.05, 0.1) is 6.26 Å². The Hall–Kier alpha value is -0.180. The molecule has 0 saturated heterocycles. The summed E-state index contributed by atoms with van der Waals surface area (Å²) in [6.45, 7) is 0. The summed E-state index contributed by atoms with van der Waals surface area (Å²) >= 11 is 0. The molecule has 0 aliphatic heterocycles. The highest BCUT2D eigenvalue weighted by molar-refractivity contribution is 7.92. The molecule has 67 valence electrons. The van der Waals surface area contributed by atoms with Crippen LogP contribution >= 0.6 is 0 Å². The molecule has 0 aromatic rings. The first kappa shape index (κ1) is 10.8. The van der Waals surface area contributed by atoms with Crippen LogP contribution in [0, 0.1) is 0 Å². The molecule has 1 radical (unpaired) electrons. The largest absolute Gasteiger partial charge is 0.241 e. The molecule has 0 bridgehead atoms. The van der Waals surface area contributed by atoms with Gasteiger partial charge in [-0.05, 0) is 0 Å². The summed E-state index contributed by atoms with van der Waals surface area (Å²) in [5, 5.41) is 0.